The fourth-order valence-electron chi connectivity index (χ4n) is 2.75. The zero-order valence-electron chi connectivity index (χ0n) is 14.3. The normalized spacial score (nSPS) is 15.2. The van der Waals surface area contributed by atoms with Gasteiger partial charge in [0.15, 0.2) is 0 Å². The molecule has 0 aliphatic carbocycles. The minimum atomic E-state index is -0.0366. The standard InChI is InChI=1S/C17H25BrN4O2/c1-3-21(4-2)17(24)22-11-9-20(10-12-22)13-16(23)19-15-8-6-5-7-14(15)18/h5-8H,3-4,9-13H2,1-2H3,(H,19,23). The first-order chi connectivity index (χ1) is 11.5. The molecule has 3 amide bonds. The summed E-state index contributed by atoms with van der Waals surface area (Å²) < 4.78 is 0.869. The Labute approximate surface area is 151 Å². The van der Waals surface area contributed by atoms with Crippen LogP contribution in [0, 0.1) is 0 Å². The number of piperazine rings is 1. The summed E-state index contributed by atoms with van der Waals surface area (Å²) in [5.41, 5.74) is 0.776. The lowest BCUT2D eigenvalue weighted by Crippen LogP contribution is -2.53. The molecule has 0 unspecified atom stereocenters. The maximum absolute atomic E-state index is 12.3. The number of nitrogens with zero attached hydrogens (tertiary/aromatic N) is 3. The van der Waals surface area contributed by atoms with Crippen LogP contribution in [0.25, 0.3) is 0 Å². The zero-order chi connectivity index (χ0) is 17.5. The second kappa shape index (κ2) is 9.03. The molecular formula is C17H25BrN4O2. The number of para-hydroxylation sites is 1. The van der Waals surface area contributed by atoms with Gasteiger partial charge in [-0.25, -0.2) is 4.79 Å². The molecule has 0 aromatic heterocycles. The van der Waals surface area contributed by atoms with Crippen LogP contribution in [0.15, 0.2) is 28.7 Å². The van der Waals surface area contributed by atoms with E-state index in [1.165, 1.54) is 0 Å². The molecule has 24 heavy (non-hydrogen) atoms. The lowest BCUT2D eigenvalue weighted by atomic mass is 10.3. The van der Waals surface area contributed by atoms with E-state index in [4.69, 9.17) is 0 Å². The van der Waals surface area contributed by atoms with Crippen molar-refractivity contribution >= 4 is 33.6 Å². The van der Waals surface area contributed by atoms with E-state index in [0.29, 0.717) is 19.6 Å². The van der Waals surface area contributed by atoms with Crippen LogP contribution < -0.4 is 5.32 Å². The van der Waals surface area contributed by atoms with Crippen LogP contribution in [0.3, 0.4) is 0 Å². The monoisotopic (exact) mass is 396 g/mol. The van der Waals surface area contributed by atoms with Crippen LogP contribution in [0.4, 0.5) is 10.5 Å². The molecule has 1 heterocycles. The molecule has 1 fully saturated rings. The summed E-state index contributed by atoms with van der Waals surface area (Å²) >= 11 is 3.42. The third kappa shape index (κ3) is 4.95. The van der Waals surface area contributed by atoms with Crippen molar-refractivity contribution in [1.82, 2.24) is 14.7 Å². The Bertz CT molecular complexity index is 569. The van der Waals surface area contributed by atoms with E-state index < -0.39 is 0 Å². The Balaban J connectivity index is 1.79. The van der Waals surface area contributed by atoms with E-state index in [9.17, 15) is 9.59 Å². The second-order valence-electron chi connectivity index (χ2n) is 5.75. The van der Waals surface area contributed by atoms with Gasteiger partial charge >= 0.3 is 6.03 Å². The van der Waals surface area contributed by atoms with Crippen molar-refractivity contribution in [2.24, 2.45) is 0 Å². The first-order valence-corrected chi connectivity index (χ1v) is 9.15. The number of amides is 3. The molecule has 132 valence electrons. The molecule has 1 aromatic carbocycles. The Morgan fingerprint density at radius 2 is 1.75 bits per heavy atom. The molecule has 0 saturated carbocycles. The highest BCUT2D eigenvalue weighted by Crippen LogP contribution is 2.21. The fraction of sp³-hybridized carbons (Fsp3) is 0.529. The smallest absolute Gasteiger partial charge is 0.320 e. The van der Waals surface area contributed by atoms with Crippen molar-refractivity contribution in [2.45, 2.75) is 13.8 Å². The lowest BCUT2D eigenvalue weighted by Gasteiger charge is -2.36. The van der Waals surface area contributed by atoms with Gasteiger partial charge in [-0.2, -0.15) is 0 Å². The third-order valence-corrected chi connectivity index (χ3v) is 4.88. The number of hydrogen-bond acceptors (Lipinski definition) is 3. The summed E-state index contributed by atoms with van der Waals surface area (Å²) in [4.78, 5) is 30.3. The highest BCUT2D eigenvalue weighted by molar-refractivity contribution is 9.10. The van der Waals surface area contributed by atoms with Crippen molar-refractivity contribution in [3.8, 4) is 0 Å². The zero-order valence-corrected chi connectivity index (χ0v) is 15.9. The lowest BCUT2D eigenvalue weighted by molar-refractivity contribution is -0.117. The first kappa shape index (κ1) is 18.7. The molecule has 7 heteroatoms. The van der Waals surface area contributed by atoms with E-state index in [1.54, 1.807) is 0 Å². The Morgan fingerprint density at radius 1 is 1.12 bits per heavy atom. The topological polar surface area (TPSA) is 55.9 Å². The second-order valence-corrected chi connectivity index (χ2v) is 6.60. The van der Waals surface area contributed by atoms with Gasteiger partial charge in [0.05, 0.1) is 12.2 Å². The molecule has 0 radical (unpaired) electrons. The van der Waals surface area contributed by atoms with E-state index in [1.807, 2.05) is 47.9 Å². The summed E-state index contributed by atoms with van der Waals surface area (Å²) in [5.74, 6) is -0.0366. The minimum Gasteiger partial charge on any atom is -0.325 e. The third-order valence-electron chi connectivity index (χ3n) is 4.19. The molecule has 0 spiro atoms. The summed E-state index contributed by atoms with van der Waals surface area (Å²) in [6.45, 7) is 8.54. The van der Waals surface area contributed by atoms with Gasteiger partial charge in [0, 0.05) is 43.7 Å². The summed E-state index contributed by atoms with van der Waals surface area (Å²) in [6, 6.07) is 7.65. The minimum absolute atomic E-state index is 0.0366. The molecule has 1 aliphatic rings. The maximum Gasteiger partial charge on any atom is 0.320 e. The molecule has 1 saturated heterocycles. The van der Waals surface area contributed by atoms with Gasteiger partial charge in [0.2, 0.25) is 5.91 Å². The number of carbonyl (C=O) groups is 2. The largest absolute Gasteiger partial charge is 0.325 e. The van der Waals surface area contributed by atoms with Gasteiger partial charge in [0.25, 0.3) is 0 Å². The van der Waals surface area contributed by atoms with Crippen LogP contribution in [0.5, 0.6) is 0 Å². The maximum atomic E-state index is 12.3. The average Bonchev–Trinajstić information content (AvgIpc) is 2.58. The number of nitrogens with one attached hydrogen (secondary N) is 1. The quantitative estimate of drug-likeness (QED) is 0.831. The van der Waals surface area contributed by atoms with Crippen LogP contribution in [-0.4, -0.2) is 72.5 Å². The summed E-state index contributed by atoms with van der Waals surface area (Å²) in [7, 11) is 0. The molecular weight excluding hydrogens is 372 g/mol. The predicted molar refractivity (Wildman–Crippen MR) is 99.1 cm³/mol. The number of rotatable bonds is 5. The Hall–Kier alpha value is -1.60. The number of halogens is 1. The first-order valence-electron chi connectivity index (χ1n) is 8.35. The highest BCUT2D eigenvalue weighted by atomic mass is 79.9. The van der Waals surface area contributed by atoms with Crippen molar-refractivity contribution in [1.29, 1.82) is 0 Å². The van der Waals surface area contributed by atoms with Gasteiger partial charge in [-0.15, -0.1) is 0 Å². The number of anilines is 1. The predicted octanol–water partition coefficient (Wildman–Crippen LogP) is 2.47. The van der Waals surface area contributed by atoms with Crippen LogP contribution in [-0.2, 0) is 4.79 Å². The van der Waals surface area contributed by atoms with Gasteiger partial charge in [0.1, 0.15) is 0 Å². The van der Waals surface area contributed by atoms with Crippen molar-refractivity contribution < 1.29 is 9.59 Å². The number of hydrogen-bond donors (Lipinski definition) is 1. The highest BCUT2D eigenvalue weighted by Gasteiger charge is 2.24. The fourth-order valence-corrected chi connectivity index (χ4v) is 3.13. The van der Waals surface area contributed by atoms with Crippen molar-refractivity contribution in [2.75, 3.05) is 51.1 Å². The summed E-state index contributed by atoms with van der Waals surface area (Å²) in [6.07, 6.45) is 0. The molecule has 1 aliphatic heterocycles. The number of benzene rings is 1. The number of urea groups is 1. The average molecular weight is 397 g/mol. The molecule has 0 bridgehead atoms. The van der Waals surface area contributed by atoms with E-state index >= 15 is 0 Å². The molecule has 1 N–H and O–H groups in total. The summed E-state index contributed by atoms with van der Waals surface area (Å²) in [5, 5.41) is 2.91. The van der Waals surface area contributed by atoms with Crippen LogP contribution >= 0.6 is 15.9 Å². The Kier molecular flexibility index (Phi) is 7.05. The molecule has 6 nitrogen and oxygen atoms in total. The van der Waals surface area contributed by atoms with Crippen molar-refractivity contribution in [3.63, 3.8) is 0 Å². The van der Waals surface area contributed by atoms with Gasteiger partial charge in [-0.05, 0) is 41.9 Å². The van der Waals surface area contributed by atoms with Gasteiger partial charge in [-0.1, -0.05) is 12.1 Å². The number of carbonyl (C=O) groups excluding carboxylic acids is 2. The Morgan fingerprint density at radius 3 is 2.33 bits per heavy atom. The van der Waals surface area contributed by atoms with Crippen molar-refractivity contribution in [3.05, 3.63) is 28.7 Å². The molecule has 0 atom stereocenters. The molecule has 2 rings (SSSR count). The SMILES string of the molecule is CCN(CC)C(=O)N1CCN(CC(=O)Nc2ccccc2Br)CC1. The van der Waals surface area contributed by atoms with E-state index in [0.717, 1.165) is 36.3 Å². The van der Waals surface area contributed by atoms with Gasteiger partial charge in [-0.3, -0.25) is 9.69 Å². The van der Waals surface area contributed by atoms with E-state index in [-0.39, 0.29) is 11.9 Å². The van der Waals surface area contributed by atoms with Crippen LogP contribution in [0.2, 0.25) is 0 Å². The van der Waals surface area contributed by atoms with Gasteiger partial charge < -0.3 is 15.1 Å². The van der Waals surface area contributed by atoms with Crippen LogP contribution in [0.1, 0.15) is 13.8 Å². The van der Waals surface area contributed by atoms with E-state index in [2.05, 4.69) is 26.1 Å². The molecule has 1 aromatic rings.